The molecule has 0 bridgehead atoms. The second kappa shape index (κ2) is 13.6. The summed E-state index contributed by atoms with van der Waals surface area (Å²) in [6.45, 7) is 9.86. The summed E-state index contributed by atoms with van der Waals surface area (Å²) >= 11 is 0. The molecule has 1 saturated heterocycles. The first-order valence-electron chi connectivity index (χ1n) is 11.8. The van der Waals surface area contributed by atoms with Crippen molar-refractivity contribution in [3.8, 4) is 0 Å². The Bertz CT molecular complexity index is 594. The van der Waals surface area contributed by atoms with Crippen molar-refractivity contribution >= 4 is 11.9 Å². The number of aliphatic hydroxyl groups is 1. The first-order valence-corrected chi connectivity index (χ1v) is 11.8. The third-order valence-electron chi connectivity index (χ3n) is 6.40. The number of fused-ring (bicyclic) bond motifs is 1. The number of aliphatic carboxylic acids is 1. The number of allylic oxidation sites excluding steroid dienone is 4. The molecule has 3 aliphatic rings. The van der Waals surface area contributed by atoms with Gasteiger partial charge in [-0.3, -0.25) is 9.59 Å². The van der Waals surface area contributed by atoms with Crippen LogP contribution in [-0.4, -0.2) is 34.4 Å². The van der Waals surface area contributed by atoms with Crippen LogP contribution >= 0.6 is 0 Å². The normalized spacial score (nSPS) is 30.9. The second-order valence-electron chi connectivity index (χ2n) is 8.55. The van der Waals surface area contributed by atoms with Crippen LogP contribution in [0.25, 0.3) is 0 Å². The summed E-state index contributed by atoms with van der Waals surface area (Å²) < 4.78 is 5.39. The molecule has 1 fully saturated rings. The third-order valence-corrected chi connectivity index (χ3v) is 6.40. The summed E-state index contributed by atoms with van der Waals surface area (Å²) in [6, 6.07) is 0. The molecule has 6 atom stereocenters. The molecule has 0 amide bonds. The monoisotopic (exact) mass is 422 g/mol. The van der Waals surface area contributed by atoms with Gasteiger partial charge in [-0.05, 0) is 61.9 Å². The molecule has 3 rings (SSSR count). The van der Waals surface area contributed by atoms with Gasteiger partial charge in [0.15, 0.2) is 0 Å². The Kier molecular flexibility index (Phi) is 12.0. The number of hydrogen-bond donors (Lipinski definition) is 2. The summed E-state index contributed by atoms with van der Waals surface area (Å²) in [5.74, 6) is 0.799. The Labute approximate surface area is 182 Å². The molecule has 5 heteroatoms. The highest BCUT2D eigenvalue weighted by Gasteiger charge is 2.34. The molecule has 1 aliphatic heterocycles. The molecular formula is C25H42O5. The lowest BCUT2D eigenvalue weighted by molar-refractivity contribution is -0.160. The first-order chi connectivity index (χ1) is 14.3. The minimum absolute atomic E-state index is 0.0876. The zero-order valence-corrected chi connectivity index (χ0v) is 19.5. The maximum absolute atomic E-state index is 11.4. The average Bonchev–Trinajstić information content (AvgIpc) is 2.73. The maximum Gasteiger partial charge on any atom is 0.308 e. The molecule has 0 aromatic rings. The Morgan fingerprint density at radius 1 is 1.30 bits per heavy atom. The van der Waals surface area contributed by atoms with Crippen molar-refractivity contribution in [2.45, 2.75) is 98.2 Å². The Morgan fingerprint density at radius 3 is 2.57 bits per heavy atom. The van der Waals surface area contributed by atoms with Gasteiger partial charge in [0.2, 0.25) is 0 Å². The number of rotatable bonds is 5. The van der Waals surface area contributed by atoms with Gasteiger partial charge < -0.3 is 14.9 Å². The van der Waals surface area contributed by atoms with E-state index in [1.807, 2.05) is 20.8 Å². The van der Waals surface area contributed by atoms with Crippen LogP contribution in [0.1, 0.15) is 86.0 Å². The molecule has 0 spiro atoms. The van der Waals surface area contributed by atoms with Crippen LogP contribution in [0, 0.1) is 23.7 Å². The van der Waals surface area contributed by atoms with Crippen LogP contribution in [0.5, 0.6) is 0 Å². The highest BCUT2D eigenvalue weighted by atomic mass is 16.5. The molecule has 30 heavy (non-hydrogen) atoms. The number of ether oxygens (including phenoxy) is 1. The highest BCUT2D eigenvalue weighted by molar-refractivity contribution is 5.71. The van der Waals surface area contributed by atoms with Crippen LogP contribution in [0.3, 0.4) is 0 Å². The van der Waals surface area contributed by atoms with E-state index in [1.165, 1.54) is 24.8 Å². The van der Waals surface area contributed by atoms with Crippen LogP contribution in [0.2, 0.25) is 0 Å². The molecule has 2 N–H and O–H groups in total. The minimum Gasteiger partial charge on any atom is -0.481 e. The van der Waals surface area contributed by atoms with Crippen LogP contribution in [-0.2, 0) is 14.3 Å². The van der Waals surface area contributed by atoms with E-state index in [1.54, 1.807) is 6.92 Å². The van der Waals surface area contributed by atoms with Crippen molar-refractivity contribution in [1.82, 2.24) is 0 Å². The average molecular weight is 423 g/mol. The van der Waals surface area contributed by atoms with E-state index in [0.717, 1.165) is 19.3 Å². The Morgan fingerprint density at radius 2 is 2.00 bits per heavy atom. The standard InChI is InChI=1S/C18H26O3.C5H10O2.C2H6/c1-12-6-7-13-4-2-3-5-17(13)16(12)9-8-15-10-14(19)11-18(20)21-15;1-3-4(2)5(6)7;1-2/h4,6-7,12,14-17,19H,2-3,5,8-11H2,1H3;4H,3H2,1-2H3,(H,6,7);1-2H3/t12?,14?,15-,16?,17?;;/m1../s1. The van der Waals surface area contributed by atoms with E-state index in [-0.39, 0.29) is 24.4 Å². The number of carbonyl (C=O) groups excluding carboxylic acids is 1. The van der Waals surface area contributed by atoms with Gasteiger partial charge in [-0.1, -0.05) is 52.8 Å². The number of hydrogen-bond acceptors (Lipinski definition) is 4. The number of carbonyl (C=O) groups is 2. The van der Waals surface area contributed by atoms with Crippen molar-refractivity contribution in [3.63, 3.8) is 0 Å². The van der Waals surface area contributed by atoms with Crippen LogP contribution < -0.4 is 0 Å². The van der Waals surface area contributed by atoms with E-state index in [2.05, 4.69) is 25.2 Å². The molecule has 0 aromatic heterocycles. The zero-order valence-electron chi connectivity index (χ0n) is 19.5. The lowest BCUT2D eigenvalue weighted by Crippen LogP contribution is -2.34. The van der Waals surface area contributed by atoms with Crippen molar-refractivity contribution in [3.05, 3.63) is 23.8 Å². The molecule has 2 aliphatic carbocycles. The van der Waals surface area contributed by atoms with Gasteiger partial charge in [0, 0.05) is 6.42 Å². The Hall–Kier alpha value is -1.62. The van der Waals surface area contributed by atoms with Crippen molar-refractivity contribution in [1.29, 1.82) is 0 Å². The summed E-state index contributed by atoms with van der Waals surface area (Å²) in [5.41, 5.74) is 1.52. The fourth-order valence-electron chi connectivity index (χ4n) is 4.40. The van der Waals surface area contributed by atoms with Gasteiger partial charge in [0.05, 0.1) is 18.4 Å². The SMILES string of the molecule is CC.CC1C=CC2=CCCCC2C1CC[C@@H]1CC(O)CC(=O)O1.CCC(C)C(=O)O. The molecule has 0 aromatic carbocycles. The fraction of sp³-hybridized carbons (Fsp3) is 0.760. The molecule has 172 valence electrons. The van der Waals surface area contributed by atoms with Crippen molar-refractivity contribution in [2.24, 2.45) is 23.7 Å². The molecule has 0 saturated carbocycles. The minimum atomic E-state index is -0.706. The van der Waals surface area contributed by atoms with Gasteiger partial charge in [-0.25, -0.2) is 0 Å². The largest absolute Gasteiger partial charge is 0.481 e. The third kappa shape index (κ3) is 8.25. The zero-order chi connectivity index (χ0) is 22.7. The lowest BCUT2D eigenvalue weighted by atomic mass is 9.68. The second-order valence-corrected chi connectivity index (χ2v) is 8.55. The lowest BCUT2D eigenvalue weighted by Gasteiger charge is -2.38. The van der Waals surface area contributed by atoms with E-state index in [4.69, 9.17) is 9.84 Å². The smallest absolute Gasteiger partial charge is 0.308 e. The molecule has 5 unspecified atom stereocenters. The highest BCUT2D eigenvalue weighted by Crippen LogP contribution is 2.42. The van der Waals surface area contributed by atoms with Gasteiger partial charge in [0.25, 0.3) is 0 Å². The number of aliphatic hydroxyl groups excluding tert-OH is 1. The van der Waals surface area contributed by atoms with Gasteiger partial charge in [0.1, 0.15) is 6.10 Å². The number of esters is 1. The topological polar surface area (TPSA) is 83.8 Å². The quantitative estimate of drug-likeness (QED) is 0.570. The molecule has 5 nitrogen and oxygen atoms in total. The molecular weight excluding hydrogens is 380 g/mol. The fourth-order valence-corrected chi connectivity index (χ4v) is 4.40. The van der Waals surface area contributed by atoms with E-state index in [0.29, 0.717) is 24.2 Å². The summed E-state index contributed by atoms with van der Waals surface area (Å²) in [7, 11) is 0. The van der Waals surface area contributed by atoms with E-state index in [9.17, 15) is 14.7 Å². The maximum atomic E-state index is 11.4. The summed E-state index contributed by atoms with van der Waals surface area (Å²) in [5, 5.41) is 17.9. The predicted molar refractivity (Wildman–Crippen MR) is 120 cm³/mol. The van der Waals surface area contributed by atoms with E-state index >= 15 is 0 Å². The molecule has 0 radical (unpaired) electrons. The number of cyclic esters (lactones) is 1. The predicted octanol–water partition coefficient (Wildman–Crippen LogP) is 5.53. The van der Waals surface area contributed by atoms with Crippen molar-refractivity contribution < 1.29 is 24.5 Å². The molecule has 1 heterocycles. The van der Waals surface area contributed by atoms with Gasteiger partial charge in [-0.2, -0.15) is 0 Å². The van der Waals surface area contributed by atoms with E-state index < -0.39 is 12.1 Å². The first kappa shape index (κ1) is 26.4. The number of carboxylic acid groups (broad SMARTS) is 1. The Balaban J connectivity index is 0.000000428. The van der Waals surface area contributed by atoms with Crippen molar-refractivity contribution in [2.75, 3.05) is 0 Å². The summed E-state index contributed by atoms with van der Waals surface area (Å²) in [4.78, 5) is 21.4. The summed E-state index contributed by atoms with van der Waals surface area (Å²) in [6.07, 6.45) is 13.7. The number of carboxylic acids is 1. The van der Waals surface area contributed by atoms with Gasteiger partial charge >= 0.3 is 11.9 Å². The van der Waals surface area contributed by atoms with Crippen LogP contribution in [0.4, 0.5) is 0 Å². The van der Waals surface area contributed by atoms with Gasteiger partial charge in [-0.15, -0.1) is 0 Å². The van der Waals surface area contributed by atoms with Crippen LogP contribution in [0.15, 0.2) is 23.8 Å².